The van der Waals surface area contributed by atoms with Gasteiger partial charge in [0, 0.05) is 18.1 Å². The van der Waals surface area contributed by atoms with Crippen LogP contribution in [0.1, 0.15) is 11.1 Å². The predicted octanol–water partition coefficient (Wildman–Crippen LogP) is 4.64. The number of halogens is 3. The zero-order chi connectivity index (χ0) is 22.4. The van der Waals surface area contributed by atoms with Gasteiger partial charge < -0.3 is 5.32 Å². The summed E-state index contributed by atoms with van der Waals surface area (Å²) in [5.41, 5.74) is 1.39. The summed E-state index contributed by atoms with van der Waals surface area (Å²) in [5, 5.41) is 2.88. The lowest BCUT2D eigenvalue weighted by Gasteiger charge is -2.22. The molecule has 31 heavy (non-hydrogen) atoms. The van der Waals surface area contributed by atoms with Crippen molar-refractivity contribution in [3.63, 3.8) is 0 Å². The van der Waals surface area contributed by atoms with Crippen LogP contribution in [0.4, 0.5) is 4.39 Å². The predicted molar refractivity (Wildman–Crippen MR) is 119 cm³/mol. The van der Waals surface area contributed by atoms with Gasteiger partial charge >= 0.3 is 0 Å². The summed E-state index contributed by atoms with van der Waals surface area (Å²) in [4.78, 5) is 12.4. The first-order valence-electron chi connectivity index (χ1n) is 9.26. The molecule has 0 spiro atoms. The third-order valence-corrected chi connectivity index (χ3v) is 6.94. The van der Waals surface area contributed by atoms with Crippen LogP contribution in [0.15, 0.2) is 77.7 Å². The van der Waals surface area contributed by atoms with Crippen molar-refractivity contribution < 1.29 is 17.6 Å². The molecule has 0 fully saturated rings. The molecule has 162 valence electrons. The first kappa shape index (κ1) is 23.2. The maximum absolute atomic E-state index is 13.3. The van der Waals surface area contributed by atoms with Crippen LogP contribution in [0.5, 0.6) is 0 Å². The van der Waals surface area contributed by atoms with Gasteiger partial charge in [-0.05, 0) is 41.5 Å². The lowest BCUT2D eigenvalue weighted by molar-refractivity contribution is -0.121. The van der Waals surface area contributed by atoms with E-state index in [2.05, 4.69) is 5.32 Å². The Hall–Kier alpha value is -2.45. The Kier molecular flexibility index (Phi) is 7.67. The van der Waals surface area contributed by atoms with Gasteiger partial charge in [0.05, 0.1) is 11.6 Å². The summed E-state index contributed by atoms with van der Waals surface area (Å²) in [6, 6.07) is 18.7. The fraction of sp³-hybridized carbons (Fsp3) is 0.136. The molecule has 0 aromatic heterocycles. The van der Waals surface area contributed by atoms with Crippen LogP contribution < -0.4 is 5.32 Å². The summed E-state index contributed by atoms with van der Waals surface area (Å²) >= 11 is 12.1. The topological polar surface area (TPSA) is 66.5 Å². The van der Waals surface area contributed by atoms with Gasteiger partial charge in [-0.3, -0.25) is 4.79 Å². The van der Waals surface area contributed by atoms with E-state index < -0.39 is 22.5 Å². The summed E-state index contributed by atoms with van der Waals surface area (Å²) in [6.07, 6.45) is 0. The highest BCUT2D eigenvalue weighted by atomic mass is 35.5. The van der Waals surface area contributed by atoms with Crippen molar-refractivity contribution in [2.24, 2.45) is 0 Å². The molecular weight excluding hydrogens is 462 g/mol. The van der Waals surface area contributed by atoms with Crippen molar-refractivity contribution in [2.45, 2.75) is 18.0 Å². The van der Waals surface area contributed by atoms with Gasteiger partial charge in [-0.1, -0.05) is 65.7 Å². The average Bonchev–Trinajstić information content (AvgIpc) is 2.75. The Morgan fingerprint density at radius 2 is 1.61 bits per heavy atom. The maximum Gasteiger partial charge on any atom is 0.245 e. The van der Waals surface area contributed by atoms with Crippen LogP contribution in [-0.4, -0.2) is 25.2 Å². The van der Waals surface area contributed by atoms with Crippen molar-refractivity contribution in [1.29, 1.82) is 0 Å². The molecule has 0 heterocycles. The Morgan fingerprint density at radius 1 is 0.935 bits per heavy atom. The van der Waals surface area contributed by atoms with Gasteiger partial charge in [-0.25, -0.2) is 12.8 Å². The number of hydrogen-bond acceptors (Lipinski definition) is 3. The van der Waals surface area contributed by atoms with E-state index in [9.17, 15) is 17.6 Å². The van der Waals surface area contributed by atoms with Gasteiger partial charge in [0.25, 0.3) is 0 Å². The minimum absolute atomic E-state index is 0.00850. The maximum atomic E-state index is 13.3. The van der Waals surface area contributed by atoms with Crippen LogP contribution in [-0.2, 0) is 27.9 Å². The molecule has 1 N–H and O–H groups in total. The zero-order valence-electron chi connectivity index (χ0n) is 16.3. The lowest BCUT2D eigenvalue weighted by Crippen LogP contribution is -2.40. The third kappa shape index (κ3) is 6.27. The fourth-order valence-corrected chi connectivity index (χ4v) is 4.97. The fourth-order valence-electron chi connectivity index (χ4n) is 2.85. The molecule has 3 aromatic carbocycles. The Bertz CT molecular complexity index is 1160. The summed E-state index contributed by atoms with van der Waals surface area (Å²) in [6.45, 7) is -0.326. The molecule has 1 amide bonds. The van der Waals surface area contributed by atoms with E-state index in [4.69, 9.17) is 23.2 Å². The SMILES string of the molecule is O=C(CN(Cc1ccccc1)S(=O)(=O)c1cc(Cl)ccc1Cl)NCc1ccc(F)cc1. The highest BCUT2D eigenvalue weighted by molar-refractivity contribution is 7.89. The van der Waals surface area contributed by atoms with E-state index in [1.54, 1.807) is 36.4 Å². The van der Waals surface area contributed by atoms with Crippen LogP contribution in [0.3, 0.4) is 0 Å². The van der Waals surface area contributed by atoms with Crippen molar-refractivity contribution in [3.05, 3.63) is 99.8 Å². The molecule has 0 radical (unpaired) electrons. The first-order chi connectivity index (χ1) is 14.8. The standard InChI is InChI=1S/C22H19Cl2FN2O3S/c23-18-8-11-20(24)21(12-18)31(29,30)27(14-17-4-2-1-3-5-17)15-22(28)26-13-16-6-9-19(25)10-7-16/h1-12H,13-15H2,(H,26,28). The molecule has 0 saturated heterocycles. The van der Waals surface area contributed by atoms with E-state index in [0.717, 1.165) is 4.31 Å². The number of amides is 1. The quantitative estimate of drug-likeness (QED) is 0.510. The number of rotatable bonds is 8. The normalized spacial score (nSPS) is 11.5. The van der Waals surface area contributed by atoms with Gasteiger partial charge in [0.1, 0.15) is 10.7 Å². The molecule has 0 saturated carbocycles. The van der Waals surface area contributed by atoms with Crippen LogP contribution >= 0.6 is 23.2 Å². The number of hydrogen-bond donors (Lipinski definition) is 1. The lowest BCUT2D eigenvalue weighted by atomic mass is 10.2. The van der Waals surface area contributed by atoms with Gasteiger partial charge in [-0.2, -0.15) is 4.31 Å². The molecule has 9 heteroatoms. The van der Waals surface area contributed by atoms with Gasteiger partial charge in [0.2, 0.25) is 15.9 Å². The first-order valence-corrected chi connectivity index (χ1v) is 11.5. The third-order valence-electron chi connectivity index (χ3n) is 4.44. The zero-order valence-corrected chi connectivity index (χ0v) is 18.6. The van der Waals surface area contributed by atoms with Crippen molar-refractivity contribution in [3.8, 4) is 0 Å². The van der Waals surface area contributed by atoms with E-state index in [1.165, 1.54) is 30.3 Å². The number of nitrogens with zero attached hydrogens (tertiary/aromatic N) is 1. The summed E-state index contributed by atoms with van der Waals surface area (Å²) < 4.78 is 40.7. The van der Waals surface area contributed by atoms with Crippen molar-refractivity contribution in [2.75, 3.05) is 6.54 Å². The molecule has 0 atom stereocenters. The molecule has 3 rings (SSSR count). The Morgan fingerprint density at radius 3 is 2.29 bits per heavy atom. The molecule has 0 aliphatic rings. The van der Waals surface area contributed by atoms with Crippen LogP contribution in [0.25, 0.3) is 0 Å². The number of carbonyl (C=O) groups excluding carboxylic acids is 1. The molecule has 3 aromatic rings. The van der Waals surface area contributed by atoms with Gasteiger partial charge in [0.15, 0.2) is 0 Å². The van der Waals surface area contributed by atoms with E-state index in [0.29, 0.717) is 11.1 Å². The smallest absolute Gasteiger partial charge is 0.245 e. The summed E-state index contributed by atoms with van der Waals surface area (Å²) in [5.74, 6) is -0.893. The van der Waals surface area contributed by atoms with Crippen molar-refractivity contribution >= 4 is 39.1 Å². The second-order valence-corrected chi connectivity index (χ2v) is 9.49. The monoisotopic (exact) mass is 480 g/mol. The Labute approximate surface area is 190 Å². The Balaban J connectivity index is 1.82. The van der Waals surface area contributed by atoms with Gasteiger partial charge in [-0.15, -0.1) is 0 Å². The number of nitrogens with one attached hydrogen (secondary N) is 1. The van der Waals surface area contributed by atoms with Crippen molar-refractivity contribution in [1.82, 2.24) is 9.62 Å². The largest absolute Gasteiger partial charge is 0.351 e. The molecule has 0 aliphatic carbocycles. The van der Waals surface area contributed by atoms with Crippen LogP contribution in [0.2, 0.25) is 10.0 Å². The molecular formula is C22H19Cl2FN2O3S. The van der Waals surface area contributed by atoms with E-state index >= 15 is 0 Å². The molecule has 0 unspecified atom stereocenters. The molecule has 0 bridgehead atoms. The number of carbonyl (C=O) groups is 1. The second kappa shape index (κ2) is 10.2. The molecule has 0 aliphatic heterocycles. The minimum Gasteiger partial charge on any atom is -0.351 e. The summed E-state index contributed by atoms with van der Waals surface area (Å²) in [7, 11) is -4.13. The minimum atomic E-state index is -4.13. The van der Waals surface area contributed by atoms with E-state index in [1.807, 2.05) is 6.07 Å². The highest BCUT2D eigenvalue weighted by Crippen LogP contribution is 2.28. The average molecular weight is 481 g/mol. The molecule has 5 nitrogen and oxygen atoms in total. The van der Waals surface area contributed by atoms with Crippen LogP contribution in [0, 0.1) is 5.82 Å². The number of benzene rings is 3. The van der Waals surface area contributed by atoms with E-state index in [-0.39, 0.29) is 33.8 Å². The number of sulfonamides is 1. The second-order valence-electron chi connectivity index (χ2n) is 6.74. The highest BCUT2D eigenvalue weighted by Gasteiger charge is 2.29.